The van der Waals surface area contributed by atoms with E-state index >= 15 is 0 Å². The second-order valence-electron chi connectivity index (χ2n) is 6.78. The number of amides is 1. The molecule has 1 amide bonds. The van der Waals surface area contributed by atoms with Crippen LogP contribution in [0.25, 0.3) is 0 Å². The highest BCUT2D eigenvalue weighted by molar-refractivity contribution is 9.10. The minimum absolute atomic E-state index is 0.0268. The molecule has 0 heterocycles. The molecular weight excluding hydrogens is 294 g/mol. The number of ketones is 1. The molecule has 2 rings (SSSR count). The maximum atomic E-state index is 12.7. The Morgan fingerprint density at radius 1 is 1.33 bits per heavy atom. The highest BCUT2D eigenvalue weighted by atomic mass is 79.9. The van der Waals surface area contributed by atoms with Crippen molar-refractivity contribution in [3.63, 3.8) is 0 Å². The molecule has 102 valence electrons. The number of halogens is 1. The van der Waals surface area contributed by atoms with Crippen molar-refractivity contribution >= 4 is 27.6 Å². The fourth-order valence-corrected chi connectivity index (χ4v) is 5.36. The summed E-state index contributed by atoms with van der Waals surface area (Å²) in [6.45, 7) is 10.1. The number of hydrogen-bond donors (Lipinski definition) is 1. The van der Waals surface area contributed by atoms with Crippen LogP contribution in [0.2, 0.25) is 0 Å². The molecule has 18 heavy (non-hydrogen) atoms. The van der Waals surface area contributed by atoms with Gasteiger partial charge in [0.1, 0.15) is 0 Å². The van der Waals surface area contributed by atoms with E-state index in [4.69, 9.17) is 0 Å². The summed E-state index contributed by atoms with van der Waals surface area (Å²) in [6.07, 6.45) is 1.60. The zero-order valence-corrected chi connectivity index (χ0v) is 13.3. The lowest BCUT2D eigenvalue weighted by Crippen LogP contribution is -2.52. The molecular formula is C14H22BrNO2. The summed E-state index contributed by atoms with van der Waals surface area (Å²) >= 11 is 3.51. The van der Waals surface area contributed by atoms with Crippen molar-refractivity contribution in [2.75, 3.05) is 0 Å². The summed E-state index contributed by atoms with van der Waals surface area (Å²) in [6, 6.07) is 0.102. The summed E-state index contributed by atoms with van der Waals surface area (Å²) in [5, 5.41) is 3.01. The van der Waals surface area contributed by atoms with Crippen LogP contribution in [-0.4, -0.2) is 22.6 Å². The Hall–Kier alpha value is -0.380. The minimum atomic E-state index is -0.594. The Balaban J connectivity index is 2.49. The molecule has 0 aromatic carbocycles. The molecule has 0 radical (unpaired) electrons. The number of hydrogen-bond acceptors (Lipinski definition) is 2. The van der Waals surface area contributed by atoms with Gasteiger partial charge in [-0.3, -0.25) is 9.59 Å². The number of alkyl halides is 1. The highest BCUT2D eigenvalue weighted by Gasteiger charge is 2.76. The van der Waals surface area contributed by atoms with Gasteiger partial charge in [0.05, 0.1) is 10.2 Å². The summed E-state index contributed by atoms with van der Waals surface area (Å²) in [7, 11) is 0. The van der Waals surface area contributed by atoms with E-state index in [0.29, 0.717) is 0 Å². The molecule has 2 bridgehead atoms. The normalized spacial score (nSPS) is 41.5. The summed E-state index contributed by atoms with van der Waals surface area (Å²) in [4.78, 5) is 24.8. The molecule has 1 N–H and O–H groups in total. The van der Waals surface area contributed by atoms with E-state index in [1.54, 1.807) is 0 Å². The highest BCUT2D eigenvalue weighted by Crippen LogP contribution is 2.72. The van der Waals surface area contributed by atoms with Crippen LogP contribution in [0.1, 0.15) is 47.5 Å². The van der Waals surface area contributed by atoms with Gasteiger partial charge in [-0.25, -0.2) is 0 Å². The number of nitrogens with one attached hydrogen (secondary N) is 1. The molecule has 0 aliphatic heterocycles. The van der Waals surface area contributed by atoms with E-state index in [1.807, 2.05) is 20.8 Å². The van der Waals surface area contributed by atoms with Gasteiger partial charge < -0.3 is 5.32 Å². The first-order valence-corrected chi connectivity index (χ1v) is 7.52. The third-order valence-electron chi connectivity index (χ3n) is 5.55. The lowest BCUT2D eigenvalue weighted by atomic mass is 9.64. The van der Waals surface area contributed by atoms with Gasteiger partial charge in [0.15, 0.2) is 5.78 Å². The van der Waals surface area contributed by atoms with Crippen LogP contribution in [-0.2, 0) is 9.59 Å². The maximum absolute atomic E-state index is 12.7. The van der Waals surface area contributed by atoms with E-state index < -0.39 is 5.41 Å². The standard InChI is InChI=1S/C14H22BrNO2/c1-8(2)16-11(18)14-7-6-13(5,12(14,3)4)10(17)9(14)15/h8-9H,6-7H2,1-5H3,(H,16,18). The zero-order chi connectivity index (χ0) is 13.9. The van der Waals surface area contributed by atoms with Gasteiger partial charge >= 0.3 is 0 Å². The molecule has 0 saturated heterocycles. The first-order chi connectivity index (χ1) is 8.11. The van der Waals surface area contributed by atoms with Crippen LogP contribution < -0.4 is 5.32 Å². The lowest BCUT2D eigenvalue weighted by Gasteiger charge is -2.40. The van der Waals surface area contributed by atoms with Gasteiger partial charge in [0.2, 0.25) is 5.91 Å². The molecule has 2 aliphatic carbocycles. The second kappa shape index (κ2) is 3.81. The van der Waals surface area contributed by atoms with Gasteiger partial charge in [-0.1, -0.05) is 36.7 Å². The molecule has 2 aliphatic rings. The summed E-state index contributed by atoms with van der Waals surface area (Å²) < 4.78 is 0. The van der Waals surface area contributed by atoms with Crippen LogP contribution in [0, 0.1) is 16.2 Å². The SMILES string of the molecule is CC(C)NC(=O)C12CCC(C)(C(=O)C1Br)C2(C)C. The van der Waals surface area contributed by atoms with Crippen LogP contribution in [0.4, 0.5) is 0 Å². The van der Waals surface area contributed by atoms with Crippen molar-refractivity contribution < 1.29 is 9.59 Å². The molecule has 2 saturated carbocycles. The van der Waals surface area contributed by atoms with Gasteiger partial charge in [0.25, 0.3) is 0 Å². The Morgan fingerprint density at radius 2 is 1.89 bits per heavy atom. The van der Waals surface area contributed by atoms with Gasteiger partial charge in [-0.05, 0) is 32.1 Å². The van der Waals surface area contributed by atoms with Crippen LogP contribution in [0.3, 0.4) is 0 Å². The maximum Gasteiger partial charge on any atom is 0.228 e. The van der Waals surface area contributed by atoms with Crippen molar-refractivity contribution in [1.29, 1.82) is 0 Å². The average Bonchev–Trinajstić information content (AvgIpc) is 2.51. The summed E-state index contributed by atoms with van der Waals surface area (Å²) in [5.74, 6) is 0.219. The number of carbonyl (C=O) groups excluding carboxylic acids is 2. The first-order valence-electron chi connectivity index (χ1n) is 6.60. The number of carbonyl (C=O) groups is 2. The Labute approximate surface area is 117 Å². The zero-order valence-electron chi connectivity index (χ0n) is 11.8. The van der Waals surface area contributed by atoms with Gasteiger partial charge in [-0.2, -0.15) is 0 Å². The number of fused-ring (bicyclic) bond motifs is 2. The second-order valence-corrected chi connectivity index (χ2v) is 7.70. The molecule has 3 nitrogen and oxygen atoms in total. The first kappa shape index (κ1) is 14.0. The van der Waals surface area contributed by atoms with Gasteiger partial charge in [-0.15, -0.1) is 0 Å². The van der Waals surface area contributed by atoms with E-state index in [1.165, 1.54) is 0 Å². The fourth-order valence-electron chi connectivity index (χ4n) is 3.85. The van der Waals surface area contributed by atoms with Crippen LogP contribution >= 0.6 is 15.9 Å². The monoisotopic (exact) mass is 315 g/mol. The largest absolute Gasteiger partial charge is 0.353 e. The molecule has 0 aromatic heterocycles. The molecule has 2 fully saturated rings. The predicted octanol–water partition coefficient (Wildman–Crippen LogP) is 2.67. The fraction of sp³-hybridized carbons (Fsp3) is 0.857. The molecule has 0 aromatic rings. The Bertz CT molecular complexity index is 418. The van der Waals surface area contributed by atoms with Crippen molar-refractivity contribution in [3.05, 3.63) is 0 Å². The quantitative estimate of drug-likeness (QED) is 0.796. The third kappa shape index (κ3) is 1.30. The summed E-state index contributed by atoms with van der Waals surface area (Å²) in [5.41, 5.74) is -1.27. The Morgan fingerprint density at radius 3 is 2.28 bits per heavy atom. The molecule has 0 spiro atoms. The minimum Gasteiger partial charge on any atom is -0.353 e. The van der Waals surface area contributed by atoms with E-state index in [9.17, 15) is 9.59 Å². The molecule has 3 atom stereocenters. The van der Waals surface area contributed by atoms with E-state index in [2.05, 4.69) is 35.1 Å². The average molecular weight is 316 g/mol. The van der Waals surface area contributed by atoms with E-state index in [0.717, 1.165) is 12.8 Å². The topological polar surface area (TPSA) is 46.2 Å². The third-order valence-corrected chi connectivity index (χ3v) is 6.74. The Kier molecular flexibility index (Phi) is 2.97. The number of rotatable bonds is 2. The number of Topliss-reactive ketones (excluding diaryl/α,β-unsaturated/α-hetero) is 1. The van der Waals surface area contributed by atoms with Crippen molar-refractivity contribution in [2.45, 2.75) is 58.3 Å². The van der Waals surface area contributed by atoms with Crippen molar-refractivity contribution in [1.82, 2.24) is 5.32 Å². The smallest absolute Gasteiger partial charge is 0.228 e. The lowest BCUT2D eigenvalue weighted by molar-refractivity contribution is -0.136. The van der Waals surface area contributed by atoms with E-state index in [-0.39, 0.29) is 33.4 Å². The molecule has 4 heteroatoms. The van der Waals surface area contributed by atoms with Gasteiger partial charge in [0, 0.05) is 11.5 Å². The van der Waals surface area contributed by atoms with Crippen molar-refractivity contribution in [3.8, 4) is 0 Å². The van der Waals surface area contributed by atoms with Crippen molar-refractivity contribution in [2.24, 2.45) is 16.2 Å². The van der Waals surface area contributed by atoms with Crippen LogP contribution in [0.5, 0.6) is 0 Å². The predicted molar refractivity (Wildman–Crippen MR) is 74.6 cm³/mol. The van der Waals surface area contributed by atoms with Crippen LogP contribution in [0.15, 0.2) is 0 Å². The molecule has 3 unspecified atom stereocenters.